The molecule has 18 heavy (non-hydrogen) atoms. The Hall–Kier alpha value is -0.920. The van der Waals surface area contributed by atoms with Crippen molar-refractivity contribution < 1.29 is 13.5 Å². The Morgan fingerprint density at radius 3 is 2.56 bits per heavy atom. The van der Waals surface area contributed by atoms with Gasteiger partial charge in [0.25, 0.3) is 10.0 Å². The average molecular weight is 273 g/mol. The molecule has 2 rings (SSSR count). The third-order valence-corrected chi connectivity index (χ3v) is 5.29. The third kappa shape index (κ3) is 2.57. The highest BCUT2D eigenvalue weighted by atomic mass is 32.2. The summed E-state index contributed by atoms with van der Waals surface area (Å²) in [4.78, 5) is 6.68. The molecule has 6 nitrogen and oxygen atoms in total. The van der Waals surface area contributed by atoms with Crippen LogP contribution in [0.4, 0.5) is 0 Å². The second kappa shape index (κ2) is 4.99. The molecule has 1 saturated heterocycles. The number of sulfonamides is 1. The number of aryl methyl sites for hydroxylation is 1. The third-order valence-electron chi connectivity index (χ3n) is 3.48. The molecule has 2 N–H and O–H groups in total. The van der Waals surface area contributed by atoms with E-state index in [1.165, 1.54) is 10.5 Å². The lowest BCUT2D eigenvalue weighted by atomic mass is 9.93. The molecule has 0 radical (unpaired) electrons. The molecule has 2 heterocycles. The molecular weight excluding hydrogens is 254 g/mol. The maximum absolute atomic E-state index is 12.3. The first kappa shape index (κ1) is 13.5. The predicted octanol–water partition coefficient (Wildman–Crippen LogP) is 0.500. The summed E-state index contributed by atoms with van der Waals surface area (Å²) in [5, 5.41) is 9.65. The number of nitrogens with one attached hydrogen (secondary N) is 1. The van der Waals surface area contributed by atoms with Crippen LogP contribution in [-0.4, -0.2) is 47.0 Å². The minimum absolute atomic E-state index is 0.149. The van der Waals surface area contributed by atoms with Crippen LogP contribution in [0.15, 0.2) is 11.2 Å². The Balaban J connectivity index is 2.09. The summed E-state index contributed by atoms with van der Waals surface area (Å²) < 4.78 is 26.0. The van der Waals surface area contributed by atoms with Crippen molar-refractivity contribution in [2.45, 2.75) is 37.8 Å². The molecular formula is C11H19N3O3S. The van der Waals surface area contributed by atoms with Crippen molar-refractivity contribution in [2.75, 3.05) is 13.1 Å². The van der Waals surface area contributed by atoms with Crippen LogP contribution in [0.25, 0.3) is 0 Å². The van der Waals surface area contributed by atoms with Crippen molar-refractivity contribution in [3.05, 3.63) is 12.0 Å². The van der Waals surface area contributed by atoms with Gasteiger partial charge in [0.15, 0.2) is 5.03 Å². The number of nitrogens with zero attached hydrogens (tertiary/aromatic N) is 2. The Morgan fingerprint density at radius 2 is 2.11 bits per heavy atom. The van der Waals surface area contributed by atoms with Crippen LogP contribution in [0.2, 0.25) is 0 Å². The highest BCUT2D eigenvalue weighted by Gasteiger charge is 2.31. The van der Waals surface area contributed by atoms with E-state index in [-0.39, 0.29) is 17.0 Å². The lowest BCUT2D eigenvalue weighted by Gasteiger charge is -2.32. The molecule has 102 valence electrons. The van der Waals surface area contributed by atoms with E-state index in [4.69, 9.17) is 0 Å². The summed E-state index contributed by atoms with van der Waals surface area (Å²) in [6.45, 7) is 4.39. The Kier molecular flexibility index (Phi) is 3.74. The second-order valence-electron chi connectivity index (χ2n) is 4.81. The van der Waals surface area contributed by atoms with E-state index in [1.54, 1.807) is 13.8 Å². The second-order valence-corrected chi connectivity index (χ2v) is 6.72. The first-order valence-corrected chi connectivity index (χ1v) is 7.55. The molecule has 0 aliphatic carbocycles. The van der Waals surface area contributed by atoms with Crippen LogP contribution < -0.4 is 0 Å². The molecule has 1 aliphatic rings. The summed E-state index contributed by atoms with van der Waals surface area (Å²) in [6, 6.07) is 0. The van der Waals surface area contributed by atoms with Crippen LogP contribution in [0.5, 0.6) is 0 Å². The highest BCUT2D eigenvalue weighted by molar-refractivity contribution is 7.89. The smallest absolute Gasteiger partial charge is 0.260 e. The van der Waals surface area contributed by atoms with E-state index < -0.39 is 10.0 Å². The maximum Gasteiger partial charge on any atom is 0.260 e. The Labute approximate surface area is 107 Å². The van der Waals surface area contributed by atoms with E-state index in [1.807, 2.05) is 0 Å². The van der Waals surface area contributed by atoms with Crippen LogP contribution in [-0.2, 0) is 10.0 Å². The van der Waals surface area contributed by atoms with Crippen molar-refractivity contribution in [3.8, 4) is 0 Å². The Bertz CT molecular complexity index is 501. The average Bonchev–Trinajstić information content (AvgIpc) is 2.76. The molecule has 1 aromatic heterocycles. The van der Waals surface area contributed by atoms with Crippen molar-refractivity contribution in [1.29, 1.82) is 0 Å². The minimum atomic E-state index is -3.46. The number of hydrogen-bond acceptors (Lipinski definition) is 4. The summed E-state index contributed by atoms with van der Waals surface area (Å²) in [5.74, 6) is 0.785. The molecule has 1 aromatic rings. The van der Waals surface area contributed by atoms with Crippen molar-refractivity contribution in [2.24, 2.45) is 5.92 Å². The van der Waals surface area contributed by atoms with E-state index in [0.29, 0.717) is 31.8 Å². The Morgan fingerprint density at radius 1 is 1.50 bits per heavy atom. The molecule has 0 bridgehead atoms. The monoisotopic (exact) mass is 273 g/mol. The number of aromatic nitrogens is 2. The summed E-state index contributed by atoms with van der Waals surface area (Å²) in [5.41, 5.74) is 0. The van der Waals surface area contributed by atoms with Crippen LogP contribution in [0.1, 0.15) is 25.6 Å². The number of piperidine rings is 1. The van der Waals surface area contributed by atoms with E-state index in [2.05, 4.69) is 9.97 Å². The lowest BCUT2D eigenvalue weighted by Crippen LogP contribution is -2.40. The fraction of sp³-hybridized carbons (Fsp3) is 0.727. The van der Waals surface area contributed by atoms with Gasteiger partial charge in [0, 0.05) is 13.1 Å². The number of imidazole rings is 1. The van der Waals surface area contributed by atoms with Crippen LogP contribution in [0.3, 0.4) is 0 Å². The molecule has 0 spiro atoms. The summed E-state index contributed by atoms with van der Waals surface area (Å²) >= 11 is 0. The number of rotatable bonds is 3. The fourth-order valence-electron chi connectivity index (χ4n) is 2.27. The zero-order chi connectivity index (χ0) is 13.3. The number of aliphatic hydroxyl groups excluding tert-OH is 1. The van der Waals surface area contributed by atoms with Gasteiger partial charge in [-0.2, -0.15) is 4.31 Å². The molecule has 0 aromatic carbocycles. The molecule has 1 fully saturated rings. The number of aliphatic hydroxyl groups is 1. The van der Waals surface area contributed by atoms with Gasteiger partial charge in [0.2, 0.25) is 0 Å². The van der Waals surface area contributed by atoms with Crippen molar-refractivity contribution in [3.63, 3.8) is 0 Å². The van der Waals surface area contributed by atoms with Crippen LogP contribution in [0, 0.1) is 12.8 Å². The normalized spacial score (nSPS) is 21.1. The van der Waals surface area contributed by atoms with Gasteiger partial charge in [-0.25, -0.2) is 13.4 Å². The molecule has 1 aliphatic heterocycles. The SMILES string of the molecule is Cc1ncc(S(=O)(=O)N2CCC(C(C)O)CC2)[nH]1. The number of aromatic amines is 1. The summed E-state index contributed by atoms with van der Waals surface area (Å²) in [7, 11) is -3.46. The number of hydrogen-bond donors (Lipinski definition) is 2. The fourth-order valence-corrected chi connectivity index (χ4v) is 3.70. The maximum atomic E-state index is 12.3. The van der Waals surface area contributed by atoms with Crippen molar-refractivity contribution in [1.82, 2.24) is 14.3 Å². The van der Waals surface area contributed by atoms with Gasteiger partial charge in [-0.3, -0.25) is 0 Å². The van der Waals surface area contributed by atoms with Crippen molar-refractivity contribution >= 4 is 10.0 Å². The van der Waals surface area contributed by atoms with Gasteiger partial charge in [0.05, 0.1) is 12.3 Å². The topological polar surface area (TPSA) is 86.3 Å². The van der Waals surface area contributed by atoms with E-state index in [0.717, 1.165) is 0 Å². The van der Waals surface area contributed by atoms with Gasteiger partial charge in [0.1, 0.15) is 5.82 Å². The lowest BCUT2D eigenvalue weighted by molar-refractivity contribution is 0.0911. The zero-order valence-corrected chi connectivity index (χ0v) is 11.4. The van der Waals surface area contributed by atoms with Gasteiger partial charge in [-0.1, -0.05) is 0 Å². The van der Waals surface area contributed by atoms with Gasteiger partial charge in [-0.15, -0.1) is 0 Å². The highest BCUT2D eigenvalue weighted by Crippen LogP contribution is 2.24. The molecule has 0 amide bonds. The first-order valence-electron chi connectivity index (χ1n) is 6.11. The predicted molar refractivity (Wildman–Crippen MR) is 66.5 cm³/mol. The van der Waals surface area contributed by atoms with Gasteiger partial charge in [-0.05, 0) is 32.6 Å². The van der Waals surface area contributed by atoms with Gasteiger partial charge >= 0.3 is 0 Å². The molecule has 1 unspecified atom stereocenters. The summed E-state index contributed by atoms with van der Waals surface area (Å²) in [6.07, 6.45) is 2.38. The first-order chi connectivity index (χ1) is 8.41. The van der Waals surface area contributed by atoms with Crippen LogP contribution >= 0.6 is 0 Å². The standard InChI is InChI=1S/C11H19N3O3S/c1-8(15)10-3-5-14(6-4-10)18(16,17)11-7-12-9(2)13-11/h7-8,10,15H,3-6H2,1-2H3,(H,12,13). The largest absolute Gasteiger partial charge is 0.393 e. The minimum Gasteiger partial charge on any atom is -0.393 e. The quantitative estimate of drug-likeness (QED) is 0.839. The zero-order valence-electron chi connectivity index (χ0n) is 10.6. The van der Waals surface area contributed by atoms with E-state index >= 15 is 0 Å². The van der Waals surface area contributed by atoms with E-state index in [9.17, 15) is 13.5 Å². The molecule has 1 atom stereocenters. The number of H-pyrrole nitrogens is 1. The molecule has 0 saturated carbocycles. The molecule has 7 heteroatoms. The van der Waals surface area contributed by atoms with Gasteiger partial charge < -0.3 is 10.1 Å².